The van der Waals surface area contributed by atoms with Crippen molar-refractivity contribution in [1.29, 1.82) is 0 Å². The van der Waals surface area contributed by atoms with Gasteiger partial charge in [-0.15, -0.1) is 0 Å². The summed E-state index contributed by atoms with van der Waals surface area (Å²) in [6, 6.07) is 0. The van der Waals surface area contributed by atoms with Gasteiger partial charge >= 0.3 is 42.6 Å². The molecule has 0 aromatic rings. The Kier molecular flexibility index (Phi) is 3.15. The molecule has 0 radical (unpaired) electrons. The van der Waals surface area contributed by atoms with Gasteiger partial charge in [-0.2, -0.15) is 0 Å². The Morgan fingerprint density at radius 2 is 2.00 bits per heavy atom. The Morgan fingerprint density at radius 1 is 1.80 bits per heavy atom. The zero-order valence-corrected chi connectivity index (χ0v) is 4.28. The summed E-state index contributed by atoms with van der Waals surface area (Å²) in [6.07, 6.45) is 1.31. The quantitative estimate of drug-likeness (QED) is 0.474. The maximum atomic E-state index is 2.22. The molecule has 0 aliphatic carbocycles. The molecule has 0 aromatic carbocycles. The van der Waals surface area contributed by atoms with Crippen LogP contribution in [-0.2, 0) is 0 Å². The van der Waals surface area contributed by atoms with E-state index in [1.165, 1.54) is 6.42 Å². The molecule has 0 saturated heterocycles. The van der Waals surface area contributed by atoms with Crippen molar-refractivity contribution in [1.82, 2.24) is 0 Å². The standard InChI is InChI=1S/C4H9.Li/c1-3-4-2;/h3H,4H2,1-2H3;/i;1+69. The number of rotatable bonds is 1. The van der Waals surface area contributed by atoms with Gasteiger partial charge in [0.2, 0.25) is 0 Å². The fraction of sp³-hybridized carbons (Fsp3) is 1.00. The summed E-state index contributed by atoms with van der Waals surface area (Å²) in [5.74, 6) is 0. The first-order valence-corrected chi connectivity index (χ1v) is 2.27. The second kappa shape index (κ2) is 2.81. The molecular formula is C4H9Li. The first-order valence-electron chi connectivity index (χ1n) is 2.27. The number of hydrogen-bond donors (Lipinski definition) is 0. The van der Waals surface area contributed by atoms with Crippen LogP contribution in [-0.4, -0.2) is 17.7 Å². The van der Waals surface area contributed by atoms with Gasteiger partial charge < -0.3 is 0 Å². The molecule has 26 valence electrons. The predicted octanol–water partition coefficient (Wildman–Crippen LogP) is 1.37. The molecule has 0 saturated carbocycles. The Hall–Kier alpha value is 0.597. The van der Waals surface area contributed by atoms with Crippen molar-refractivity contribution in [3.63, 3.8) is 0 Å². The summed E-state index contributed by atoms with van der Waals surface area (Å²) in [7, 11) is 0. The van der Waals surface area contributed by atoms with Crippen molar-refractivity contribution < 1.29 is 0 Å². The van der Waals surface area contributed by atoms with Gasteiger partial charge in [0.25, 0.3) is 0 Å². The van der Waals surface area contributed by atoms with Gasteiger partial charge in [-0.3, -0.25) is 0 Å². The van der Waals surface area contributed by atoms with Crippen LogP contribution in [0.4, 0.5) is 0 Å². The van der Waals surface area contributed by atoms with E-state index >= 15 is 0 Å². The van der Waals surface area contributed by atoms with Gasteiger partial charge in [0, 0.05) is 0 Å². The topological polar surface area (TPSA) is 0 Å². The molecule has 0 N–H and O–H groups in total. The molecule has 0 spiro atoms. The van der Waals surface area contributed by atoms with Crippen LogP contribution >= 0.6 is 0 Å². The van der Waals surface area contributed by atoms with E-state index in [0.717, 1.165) is 4.59 Å². The monoisotopic (exact) mass is 133 g/mol. The van der Waals surface area contributed by atoms with Crippen LogP contribution in [0.2, 0.25) is 4.59 Å². The first-order chi connectivity index (χ1) is 2.27. The van der Waals surface area contributed by atoms with Crippen LogP contribution in [0.25, 0.3) is 0 Å². The predicted molar refractivity (Wildman–Crippen MR) is 25.5 cm³/mol. The van der Waals surface area contributed by atoms with Crippen molar-refractivity contribution in [3.05, 3.63) is 0 Å². The van der Waals surface area contributed by atoms with Crippen LogP contribution in [0.15, 0.2) is 0 Å². The summed E-state index contributed by atoms with van der Waals surface area (Å²) >= 11 is 2.22. The molecule has 0 amide bonds. The zero-order valence-electron chi connectivity index (χ0n) is 4.28. The third kappa shape index (κ3) is 4.60. The fourth-order valence-electron chi connectivity index (χ4n) is 0. The molecule has 0 heterocycles. The van der Waals surface area contributed by atoms with Crippen molar-refractivity contribution in [2.24, 2.45) is 0 Å². The minimum atomic E-state index is 0.884. The fourth-order valence-corrected chi connectivity index (χ4v) is 0. The SMILES string of the molecule is [76Li][CH](C)CC. The normalized spacial score (nSPS) is 15.2. The first kappa shape index (κ1) is 5.60. The van der Waals surface area contributed by atoms with Crippen molar-refractivity contribution in [2.45, 2.75) is 24.9 Å². The molecule has 0 bridgehead atoms. The van der Waals surface area contributed by atoms with Crippen LogP contribution < -0.4 is 0 Å². The van der Waals surface area contributed by atoms with Crippen LogP contribution in [0, 0.1) is 0 Å². The molecule has 0 fully saturated rings. The van der Waals surface area contributed by atoms with Crippen LogP contribution in [0.1, 0.15) is 20.3 Å². The Labute approximate surface area is 43.2 Å². The molecule has 0 rings (SSSR count). The summed E-state index contributed by atoms with van der Waals surface area (Å²) in [6.45, 7) is 4.42. The van der Waals surface area contributed by atoms with Crippen molar-refractivity contribution in [2.75, 3.05) is 0 Å². The van der Waals surface area contributed by atoms with Crippen LogP contribution in [0.3, 0.4) is 0 Å². The Balaban J connectivity index is 2.54. The second-order valence-corrected chi connectivity index (χ2v) is 1.80. The summed E-state index contributed by atoms with van der Waals surface area (Å²) in [5.41, 5.74) is 0. The Bertz CT molecular complexity index is 17.6. The summed E-state index contributed by atoms with van der Waals surface area (Å²) < 4.78 is 0.884. The zero-order chi connectivity index (χ0) is 4.28. The van der Waals surface area contributed by atoms with E-state index in [0.29, 0.717) is 0 Å². The molecular weight excluding hydrogens is 124 g/mol. The van der Waals surface area contributed by atoms with Crippen LogP contribution in [0.5, 0.6) is 0 Å². The molecule has 0 aliphatic rings. The van der Waals surface area contributed by atoms with E-state index in [4.69, 9.17) is 0 Å². The molecule has 1 unspecified atom stereocenters. The van der Waals surface area contributed by atoms with E-state index < -0.39 is 0 Å². The molecule has 1 atom stereocenters. The van der Waals surface area contributed by atoms with E-state index in [9.17, 15) is 0 Å². The average molecular weight is 133 g/mol. The third-order valence-corrected chi connectivity index (χ3v) is 0.816. The second-order valence-electron chi connectivity index (χ2n) is 1.80. The molecule has 1 heteroatoms. The minimum absolute atomic E-state index is 0.884. The maximum absolute atomic E-state index is 2.22. The van der Waals surface area contributed by atoms with E-state index in [2.05, 4.69) is 31.6 Å². The van der Waals surface area contributed by atoms with Gasteiger partial charge in [-0.1, -0.05) is 0 Å². The molecule has 0 nitrogen and oxygen atoms in total. The van der Waals surface area contributed by atoms with E-state index in [1.807, 2.05) is 0 Å². The van der Waals surface area contributed by atoms with Crippen molar-refractivity contribution >= 4 is 17.7 Å². The van der Waals surface area contributed by atoms with Gasteiger partial charge in [-0.25, -0.2) is 0 Å². The van der Waals surface area contributed by atoms with E-state index in [-0.39, 0.29) is 0 Å². The summed E-state index contributed by atoms with van der Waals surface area (Å²) in [4.78, 5) is 0. The third-order valence-electron chi connectivity index (χ3n) is 0.816. The van der Waals surface area contributed by atoms with Gasteiger partial charge in [0.1, 0.15) is 0 Å². The van der Waals surface area contributed by atoms with E-state index in [1.54, 1.807) is 0 Å². The van der Waals surface area contributed by atoms with Crippen molar-refractivity contribution in [3.8, 4) is 0 Å². The molecule has 5 heavy (non-hydrogen) atoms. The summed E-state index contributed by atoms with van der Waals surface area (Å²) in [5, 5.41) is 0. The van der Waals surface area contributed by atoms with Gasteiger partial charge in [0.05, 0.1) is 0 Å². The van der Waals surface area contributed by atoms with Gasteiger partial charge in [-0.05, 0) is 0 Å². The Morgan fingerprint density at radius 3 is 2.00 bits per heavy atom. The van der Waals surface area contributed by atoms with Gasteiger partial charge in [0.15, 0.2) is 0 Å². The average Bonchev–Trinajstić information content (AvgIpc) is 1.38. The molecule has 0 aliphatic heterocycles. The molecule has 0 aromatic heterocycles. The number of hydrogen-bond acceptors (Lipinski definition) is 0.